The molecule has 2 aromatic carbocycles. The number of hydrogen-bond acceptors (Lipinski definition) is 6. The summed E-state index contributed by atoms with van der Waals surface area (Å²) >= 11 is 0. The van der Waals surface area contributed by atoms with Crippen molar-refractivity contribution in [3.63, 3.8) is 0 Å². The largest absolute Gasteiger partial charge is 0.424 e. The molecule has 0 fully saturated rings. The van der Waals surface area contributed by atoms with Crippen LogP contribution in [0, 0.1) is 5.82 Å². The third-order valence-electron chi connectivity index (χ3n) is 4.53. The molecular weight excluding hydrogens is 363 g/mol. The standard InChI is InChI=1S/C20H17FN4O3/c1-12-15-7-6-14(27-19-23-8-3-9-24-19)10-17(15)28-20(26)25(12)11-13-4-2-5-16(22)18(13)21/h2-10,12H,11,22H2,1H3. The van der Waals surface area contributed by atoms with Crippen molar-refractivity contribution in [2.75, 3.05) is 5.73 Å². The summed E-state index contributed by atoms with van der Waals surface area (Å²) in [7, 11) is 0. The summed E-state index contributed by atoms with van der Waals surface area (Å²) in [6, 6.07) is 11.4. The van der Waals surface area contributed by atoms with Crippen LogP contribution in [0.1, 0.15) is 24.1 Å². The maximum absolute atomic E-state index is 14.2. The van der Waals surface area contributed by atoms with E-state index >= 15 is 0 Å². The lowest BCUT2D eigenvalue weighted by molar-refractivity contribution is 0.116. The van der Waals surface area contributed by atoms with Crippen LogP contribution in [0.25, 0.3) is 0 Å². The molecule has 0 saturated carbocycles. The van der Waals surface area contributed by atoms with Crippen molar-refractivity contribution in [3.8, 4) is 17.5 Å². The maximum Gasteiger partial charge on any atom is 0.416 e. The van der Waals surface area contributed by atoms with E-state index in [-0.39, 0.29) is 24.3 Å². The van der Waals surface area contributed by atoms with E-state index in [1.54, 1.807) is 48.8 Å². The van der Waals surface area contributed by atoms with Crippen molar-refractivity contribution < 1.29 is 18.7 Å². The lowest BCUT2D eigenvalue weighted by Crippen LogP contribution is -2.39. The van der Waals surface area contributed by atoms with E-state index in [1.165, 1.54) is 11.0 Å². The van der Waals surface area contributed by atoms with E-state index in [0.717, 1.165) is 5.56 Å². The SMILES string of the molecule is CC1c2ccc(Oc3ncccn3)cc2OC(=O)N1Cc1cccc(N)c1F. The molecule has 1 aliphatic rings. The van der Waals surface area contributed by atoms with Gasteiger partial charge in [-0.1, -0.05) is 12.1 Å². The average molecular weight is 380 g/mol. The van der Waals surface area contributed by atoms with Gasteiger partial charge in [0.1, 0.15) is 11.5 Å². The smallest absolute Gasteiger partial charge is 0.416 e. The van der Waals surface area contributed by atoms with Crippen LogP contribution in [0.15, 0.2) is 54.9 Å². The number of ether oxygens (including phenoxy) is 2. The zero-order chi connectivity index (χ0) is 19.7. The van der Waals surface area contributed by atoms with Gasteiger partial charge in [0.25, 0.3) is 0 Å². The van der Waals surface area contributed by atoms with E-state index in [0.29, 0.717) is 17.1 Å². The Morgan fingerprint density at radius 2 is 2.00 bits per heavy atom. The zero-order valence-corrected chi connectivity index (χ0v) is 15.0. The number of hydrogen-bond donors (Lipinski definition) is 1. The van der Waals surface area contributed by atoms with E-state index in [9.17, 15) is 9.18 Å². The molecule has 1 unspecified atom stereocenters. The van der Waals surface area contributed by atoms with Crippen LogP contribution in [-0.2, 0) is 6.54 Å². The van der Waals surface area contributed by atoms with Crippen LogP contribution in [-0.4, -0.2) is 21.0 Å². The van der Waals surface area contributed by atoms with Gasteiger partial charge in [-0.3, -0.25) is 4.90 Å². The van der Waals surface area contributed by atoms with Gasteiger partial charge < -0.3 is 15.2 Å². The van der Waals surface area contributed by atoms with Crippen LogP contribution < -0.4 is 15.2 Å². The minimum Gasteiger partial charge on any atom is -0.424 e. The number of fused-ring (bicyclic) bond motifs is 1. The van der Waals surface area contributed by atoms with Gasteiger partial charge in [0.05, 0.1) is 18.3 Å². The molecule has 1 amide bonds. The number of rotatable bonds is 4. The minimum atomic E-state index is -0.574. The van der Waals surface area contributed by atoms with Crippen molar-refractivity contribution in [3.05, 3.63) is 71.8 Å². The zero-order valence-electron chi connectivity index (χ0n) is 15.0. The summed E-state index contributed by atoms with van der Waals surface area (Å²) in [4.78, 5) is 22.0. The number of aromatic nitrogens is 2. The minimum absolute atomic E-state index is 0.0425. The topological polar surface area (TPSA) is 90.6 Å². The molecule has 0 bridgehead atoms. The molecule has 0 aliphatic carbocycles. The molecule has 3 aromatic rings. The van der Waals surface area contributed by atoms with Crippen LogP contribution in [0.2, 0.25) is 0 Å². The summed E-state index contributed by atoms with van der Waals surface area (Å²) in [6.45, 7) is 1.90. The van der Waals surface area contributed by atoms with E-state index in [1.807, 2.05) is 6.92 Å². The first-order valence-electron chi connectivity index (χ1n) is 8.63. The first-order valence-corrected chi connectivity index (χ1v) is 8.63. The number of nitrogens with two attached hydrogens (primary N) is 1. The highest BCUT2D eigenvalue weighted by molar-refractivity contribution is 5.75. The van der Waals surface area contributed by atoms with Crippen molar-refractivity contribution in [1.29, 1.82) is 0 Å². The molecule has 142 valence electrons. The Balaban J connectivity index is 1.58. The molecule has 1 aromatic heterocycles. The Kier molecular flexibility index (Phi) is 4.52. The molecule has 28 heavy (non-hydrogen) atoms. The summed E-state index contributed by atoms with van der Waals surface area (Å²) in [5.74, 6) is 0.301. The van der Waals surface area contributed by atoms with Gasteiger partial charge in [0.15, 0.2) is 5.82 Å². The van der Waals surface area contributed by atoms with Gasteiger partial charge in [-0.15, -0.1) is 0 Å². The maximum atomic E-state index is 14.2. The fourth-order valence-corrected chi connectivity index (χ4v) is 3.04. The Hall–Kier alpha value is -3.68. The number of carbonyl (C=O) groups is 1. The third-order valence-corrected chi connectivity index (χ3v) is 4.53. The van der Waals surface area contributed by atoms with Crippen LogP contribution in [0.5, 0.6) is 17.5 Å². The summed E-state index contributed by atoms with van der Waals surface area (Å²) < 4.78 is 25.3. The van der Waals surface area contributed by atoms with Gasteiger partial charge in [-0.25, -0.2) is 19.2 Å². The first kappa shape index (κ1) is 17.7. The number of nitrogens with zero attached hydrogens (tertiary/aromatic N) is 3. The van der Waals surface area contributed by atoms with Crippen LogP contribution in [0.3, 0.4) is 0 Å². The molecule has 8 heteroatoms. The fraction of sp³-hybridized carbons (Fsp3) is 0.150. The number of benzene rings is 2. The highest BCUT2D eigenvalue weighted by atomic mass is 19.1. The monoisotopic (exact) mass is 380 g/mol. The van der Waals surface area contributed by atoms with Gasteiger partial charge in [-0.05, 0) is 31.2 Å². The quantitative estimate of drug-likeness (QED) is 0.686. The number of halogens is 1. The summed E-state index contributed by atoms with van der Waals surface area (Å²) in [5.41, 5.74) is 6.77. The highest BCUT2D eigenvalue weighted by Gasteiger charge is 2.32. The van der Waals surface area contributed by atoms with Crippen molar-refractivity contribution >= 4 is 11.8 Å². The van der Waals surface area contributed by atoms with Crippen LogP contribution >= 0.6 is 0 Å². The number of anilines is 1. The second-order valence-corrected chi connectivity index (χ2v) is 6.33. The number of amides is 1. The van der Waals surface area contributed by atoms with E-state index < -0.39 is 11.9 Å². The van der Waals surface area contributed by atoms with Crippen LogP contribution in [0.4, 0.5) is 14.9 Å². The summed E-state index contributed by atoms with van der Waals surface area (Å²) in [5, 5.41) is 0. The predicted molar refractivity (Wildman–Crippen MR) is 99.3 cm³/mol. The molecule has 0 saturated heterocycles. The van der Waals surface area contributed by atoms with Gasteiger partial charge in [0, 0.05) is 29.6 Å². The normalized spacial score (nSPS) is 15.7. The second kappa shape index (κ2) is 7.15. The van der Waals surface area contributed by atoms with Crippen molar-refractivity contribution in [1.82, 2.24) is 14.9 Å². The van der Waals surface area contributed by atoms with Crippen molar-refractivity contribution in [2.24, 2.45) is 0 Å². The Morgan fingerprint density at radius 3 is 2.79 bits per heavy atom. The van der Waals surface area contributed by atoms with Gasteiger partial charge >= 0.3 is 12.1 Å². The van der Waals surface area contributed by atoms with Gasteiger partial charge in [0.2, 0.25) is 0 Å². The number of nitrogen functional groups attached to an aromatic ring is 1. The molecule has 0 radical (unpaired) electrons. The van der Waals surface area contributed by atoms with Gasteiger partial charge in [-0.2, -0.15) is 0 Å². The highest BCUT2D eigenvalue weighted by Crippen LogP contribution is 2.38. The molecule has 4 rings (SSSR count). The van der Waals surface area contributed by atoms with E-state index in [4.69, 9.17) is 15.2 Å². The molecule has 1 aliphatic heterocycles. The molecule has 2 N–H and O–H groups in total. The Morgan fingerprint density at radius 1 is 1.21 bits per heavy atom. The Bertz CT molecular complexity index is 1030. The molecule has 2 heterocycles. The second-order valence-electron chi connectivity index (χ2n) is 6.33. The average Bonchev–Trinajstić information content (AvgIpc) is 2.69. The molecular formula is C20H17FN4O3. The Labute approximate surface area is 160 Å². The lowest BCUT2D eigenvalue weighted by Gasteiger charge is -2.34. The lowest BCUT2D eigenvalue weighted by atomic mass is 10.0. The number of carbonyl (C=O) groups excluding carboxylic acids is 1. The first-order chi connectivity index (χ1) is 13.5. The molecule has 0 spiro atoms. The predicted octanol–water partition coefficient (Wildman–Crippen LogP) is 4.07. The third kappa shape index (κ3) is 3.32. The molecule has 7 nitrogen and oxygen atoms in total. The fourth-order valence-electron chi connectivity index (χ4n) is 3.04. The molecule has 1 atom stereocenters. The van der Waals surface area contributed by atoms with Crippen molar-refractivity contribution in [2.45, 2.75) is 19.5 Å². The summed E-state index contributed by atoms with van der Waals surface area (Å²) in [6.07, 6.45) is 2.56. The van der Waals surface area contributed by atoms with E-state index in [2.05, 4.69) is 9.97 Å².